The monoisotopic (exact) mass is 375 g/mol. The average Bonchev–Trinajstić information content (AvgIpc) is 2.57. The predicted octanol–water partition coefficient (Wildman–Crippen LogP) is 1.25. The van der Waals surface area contributed by atoms with Crippen LogP contribution < -0.4 is 15.8 Å². The van der Waals surface area contributed by atoms with Crippen molar-refractivity contribution in [2.24, 2.45) is 5.14 Å². The Hall–Kier alpha value is -2.71. The molecule has 0 unspecified atom stereocenters. The zero-order chi connectivity index (χ0) is 19.3. The van der Waals surface area contributed by atoms with E-state index in [-0.39, 0.29) is 11.4 Å². The van der Waals surface area contributed by atoms with Gasteiger partial charge in [0.1, 0.15) is 0 Å². The second kappa shape index (κ2) is 8.11. The molecule has 0 saturated heterocycles. The normalized spacial score (nSPS) is 11.0. The van der Waals surface area contributed by atoms with Crippen molar-refractivity contribution < 1.29 is 18.0 Å². The summed E-state index contributed by atoms with van der Waals surface area (Å²) in [4.78, 5) is 23.8. The van der Waals surface area contributed by atoms with E-state index < -0.39 is 21.8 Å². The minimum atomic E-state index is -3.72. The van der Waals surface area contributed by atoms with Gasteiger partial charge in [-0.3, -0.25) is 9.59 Å². The van der Waals surface area contributed by atoms with E-state index in [0.717, 1.165) is 16.7 Å². The number of sulfonamides is 1. The summed E-state index contributed by atoms with van der Waals surface area (Å²) in [7, 11) is -3.72. The third-order valence-electron chi connectivity index (χ3n) is 3.92. The van der Waals surface area contributed by atoms with Crippen molar-refractivity contribution in [3.05, 3.63) is 59.2 Å². The number of hydrogen-bond donors (Lipinski definition) is 3. The smallest absolute Gasteiger partial charge is 0.313 e. The number of nitrogens with two attached hydrogens (primary N) is 1. The molecule has 0 atom stereocenters. The molecular weight excluding hydrogens is 354 g/mol. The Labute approximate surface area is 152 Å². The maximum absolute atomic E-state index is 11.9. The molecule has 0 aliphatic carbocycles. The molecule has 0 fully saturated rings. The maximum Gasteiger partial charge on any atom is 0.313 e. The van der Waals surface area contributed by atoms with E-state index in [1.54, 1.807) is 24.3 Å². The fourth-order valence-corrected chi connectivity index (χ4v) is 2.77. The van der Waals surface area contributed by atoms with Crippen molar-refractivity contribution in [1.82, 2.24) is 5.32 Å². The van der Waals surface area contributed by atoms with E-state index in [2.05, 4.69) is 10.6 Å². The number of amides is 2. The Morgan fingerprint density at radius 1 is 0.962 bits per heavy atom. The molecule has 0 aromatic heterocycles. The van der Waals surface area contributed by atoms with Crippen molar-refractivity contribution in [2.45, 2.75) is 25.2 Å². The van der Waals surface area contributed by atoms with E-state index in [9.17, 15) is 18.0 Å². The summed E-state index contributed by atoms with van der Waals surface area (Å²) < 4.78 is 22.4. The molecule has 138 valence electrons. The molecule has 2 amide bonds. The van der Waals surface area contributed by atoms with Gasteiger partial charge >= 0.3 is 11.8 Å². The number of anilines is 1. The lowest BCUT2D eigenvalue weighted by Crippen LogP contribution is -2.36. The fraction of sp³-hybridized carbons (Fsp3) is 0.222. The van der Waals surface area contributed by atoms with Crippen LogP contribution in [0.15, 0.2) is 47.4 Å². The highest BCUT2D eigenvalue weighted by Crippen LogP contribution is 2.14. The predicted molar refractivity (Wildman–Crippen MR) is 99.1 cm³/mol. The number of rotatable bonds is 5. The largest absolute Gasteiger partial charge is 0.347 e. The SMILES string of the molecule is Cc1ccc(NC(=O)C(=O)NCCc2ccc(S(N)(=O)=O)cc2)cc1C. The van der Waals surface area contributed by atoms with Gasteiger partial charge in [-0.15, -0.1) is 0 Å². The molecule has 8 heteroatoms. The summed E-state index contributed by atoms with van der Waals surface area (Å²) >= 11 is 0. The van der Waals surface area contributed by atoms with Crippen LogP contribution in [0.4, 0.5) is 5.69 Å². The third kappa shape index (κ3) is 5.40. The topological polar surface area (TPSA) is 118 Å². The van der Waals surface area contributed by atoms with Crippen molar-refractivity contribution in [1.29, 1.82) is 0 Å². The average molecular weight is 375 g/mol. The molecule has 0 aliphatic rings. The first-order chi connectivity index (χ1) is 12.2. The molecule has 0 spiro atoms. The van der Waals surface area contributed by atoms with Gasteiger partial charge in [-0.1, -0.05) is 18.2 Å². The molecule has 0 radical (unpaired) electrons. The number of aryl methyl sites for hydroxylation is 2. The Kier molecular flexibility index (Phi) is 6.12. The van der Waals surface area contributed by atoms with Crippen LogP contribution in [0.1, 0.15) is 16.7 Å². The van der Waals surface area contributed by atoms with Gasteiger partial charge in [0.25, 0.3) is 0 Å². The minimum Gasteiger partial charge on any atom is -0.347 e. The molecule has 26 heavy (non-hydrogen) atoms. The number of nitrogens with one attached hydrogen (secondary N) is 2. The Bertz CT molecular complexity index is 922. The number of carbonyl (C=O) groups is 2. The van der Waals surface area contributed by atoms with Gasteiger partial charge in [-0.25, -0.2) is 13.6 Å². The van der Waals surface area contributed by atoms with Gasteiger partial charge in [-0.2, -0.15) is 0 Å². The summed E-state index contributed by atoms with van der Waals surface area (Å²) in [6.45, 7) is 4.13. The summed E-state index contributed by atoms with van der Waals surface area (Å²) in [6, 6.07) is 11.4. The maximum atomic E-state index is 11.9. The second-order valence-electron chi connectivity index (χ2n) is 5.95. The van der Waals surface area contributed by atoms with Crippen molar-refractivity contribution >= 4 is 27.5 Å². The Morgan fingerprint density at radius 3 is 2.19 bits per heavy atom. The van der Waals surface area contributed by atoms with Crippen LogP contribution >= 0.6 is 0 Å². The van der Waals surface area contributed by atoms with Crippen molar-refractivity contribution in [3.63, 3.8) is 0 Å². The van der Waals surface area contributed by atoms with Gasteiger partial charge in [-0.05, 0) is 61.2 Å². The van der Waals surface area contributed by atoms with Crippen LogP contribution in [-0.2, 0) is 26.0 Å². The number of benzene rings is 2. The van der Waals surface area contributed by atoms with Crippen LogP contribution in [0, 0.1) is 13.8 Å². The molecule has 7 nitrogen and oxygen atoms in total. The molecule has 0 heterocycles. The molecule has 2 aromatic carbocycles. The van der Waals surface area contributed by atoms with Gasteiger partial charge in [0.05, 0.1) is 4.90 Å². The van der Waals surface area contributed by atoms with Crippen LogP contribution in [0.5, 0.6) is 0 Å². The van der Waals surface area contributed by atoms with Crippen molar-refractivity contribution in [3.8, 4) is 0 Å². The van der Waals surface area contributed by atoms with E-state index >= 15 is 0 Å². The number of primary sulfonamides is 1. The van der Waals surface area contributed by atoms with Crippen molar-refractivity contribution in [2.75, 3.05) is 11.9 Å². The van der Waals surface area contributed by atoms with E-state index in [1.807, 2.05) is 19.9 Å². The quantitative estimate of drug-likeness (QED) is 0.682. The Morgan fingerprint density at radius 2 is 1.62 bits per heavy atom. The first-order valence-corrected chi connectivity index (χ1v) is 9.49. The molecule has 0 saturated carbocycles. The zero-order valence-electron chi connectivity index (χ0n) is 14.6. The fourth-order valence-electron chi connectivity index (χ4n) is 2.25. The van der Waals surface area contributed by atoms with Crippen LogP contribution in [0.25, 0.3) is 0 Å². The lowest BCUT2D eigenvalue weighted by molar-refractivity contribution is -0.136. The second-order valence-corrected chi connectivity index (χ2v) is 7.51. The number of hydrogen-bond acceptors (Lipinski definition) is 4. The molecule has 2 aromatic rings. The lowest BCUT2D eigenvalue weighted by Gasteiger charge is -2.08. The van der Waals surface area contributed by atoms with Crippen LogP contribution in [0.2, 0.25) is 0 Å². The van der Waals surface area contributed by atoms with Gasteiger partial charge in [0.2, 0.25) is 10.0 Å². The molecule has 4 N–H and O–H groups in total. The third-order valence-corrected chi connectivity index (χ3v) is 4.85. The first-order valence-electron chi connectivity index (χ1n) is 7.95. The highest BCUT2D eigenvalue weighted by atomic mass is 32.2. The molecule has 0 aliphatic heterocycles. The van der Waals surface area contributed by atoms with Gasteiger partial charge in [0.15, 0.2) is 0 Å². The lowest BCUT2D eigenvalue weighted by atomic mass is 10.1. The summed E-state index contributed by atoms with van der Waals surface area (Å²) in [5.74, 6) is -1.47. The van der Waals surface area contributed by atoms with E-state index in [4.69, 9.17) is 5.14 Å². The Balaban J connectivity index is 1.84. The van der Waals surface area contributed by atoms with Crippen LogP contribution in [-0.4, -0.2) is 26.8 Å². The van der Waals surface area contributed by atoms with E-state index in [1.165, 1.54) is 12.1 Å². The zero-order valence-corrected chi connectivity index (χ0v) is 15.4. The number of carbonyl (C=O) groups excluding carboxylic acids is 2. The van der Waals surface area contributed by atoms with E-state index in [0.29, 0.717) is 12.1 Å². The molecular formula is C18H21N3O4S. The summed E-state index contributed by atoms with van der Waals surface area (Å²) in [5, 5.41) is 10.1. The first kappa shape index (κ1) is 19.6. The minimum absolute atomic E-state index is 0.0260. The highest BCUT2D eigenvalue weighted by molar-refractivity contribution is 7.89. The molecule has 2 rings (SSSR count). The van der Waals surface area contributed by atoms with Crippen LogP contribution in [0.3, 0.4) is 0 Å². The van der Waals surface area contributed by atoms with Gasteiger partial charge in [0, 0.05) is 12.2 Å². The standard InChI is InChI=1S/C18H21N3O4S/c1-12-3-6-15(11-13(12)2)21-18(23)17(22)20-10-9-14-4-7-16(8-5-14)26(19,24)25/h3-8,11H,9-10H2,1-2H3,(H,20,22)(H,21,23)(H2,19,24,25). The summed E-state index contributed by atoms with van der Waals surface area (Å²) in [6.07, 6.45) is 0.452. The van der Waals surface area contributed by atoms with Gasteiger partial charge < -0.3 is 10.6 Å². The molecule has 0 bridgehead atoms. The highest BCUT2D eigenvalue weighted by Gasteiger charge is 2.13. The summed E-state index contributed by atoms with van der Waals surface area (Å²) in [5.41, 5.74) is 3.49.